The fourth-order valence-corrected chi connectivity index (χ4v) is 2.74. The van der Waals surface area contributed by atoms with Crippen molar-refractivity contribution in [3.8, 4) is 0 Å². The smallest absolute Gasteiger partial charge is 0.253 e. The summed E-state index contributed by atoms with van der Waals surface area (Å²) in [5.41, 5.74) is 2.73. The average molecular weight is 343 g/mol. The Balaban J connectivity index is 1.86. The molecule has 0 saturated carbocycles. The minimum absolute atomic E-state index is 0.214. The van der Waals surface area contributed by atoms with Crippen molar-refractivity contribution in [3.05, 3.63) is 76.2 Å². The van der Waals surface area contributed by atoms with Crippen LogP contribution >= 0.6 is 11.6 Å². The molecule has 122 valence electrons. The number of benzene rings is 2. The topological polar surface area (TPSA) is 42.0 Å². The zero-order valence-corrected chi connectivity index (χ0v) is 14.1. The Morgan fingerprint density at radius 2 is 1.88 bits per heavy atom. The third-order valence-corrected chi connectivity index (χ3v) is 4.17. The third-order valence-electron chi connectivity index (χ3n) is 3.93. The standard InChI is InChI=1S/C19H16ClFN2O/c1-11(13-4-7-16(21)8-5-13)23-19(24)17-9-14-3-6-15(20)10-18(14)22-12(17)2/h3-11H,1-2H3,(H,23,24). The number of aromatic nitrogens is 1. The molecule has 1 aromatic heterocycles. The minimum atomic E-state index is -0.300. The van der Waals surface area contributed by atoms with Crippen molar-refractivity contribution in [3.63, 3.8) is 0 Å². The van der Waals surface area contributed by atoms with Gasteiger partial charge in [-0.3, -0.25) is 9.78 Å². The number of carbonyl (C=O) groups is 1. The molecule has 5 heteroatoms. The summed E-state index contributed by atoms with van der Waals surface area (Å²) in [4.78, 5) is 17.0. The minimum Gasteiger partial charge on any atom is -0.345 e. The first kappa shape index (κ1) is 16.4. The van der Waals surface area contributed by atoms with Crippen LogP contribution in [-0.2, 0) is 0 Å². The monoisotopic (exact) mass is 342 g/mol. The average Bonchev–Trinajstić information content (AvgIpc) is 2.54. The maximum Gasteiger partial charge on any atom is 0.253 e. The highest BCUT2D eigenvalue weighted by Crippen LogP contribution is 2.21. The van der Waals surface area contributed by atoms with Crippen LogP contribution in [0.15, 0.2) is 48.5 Å². The Kier molecular flexibility index (Phi) is 4.49. The molecule has 1 N–H and O–H groups in total. The van der Waals surface area contributed by atoms with E-state index in [4.69, 9.17) is 11.6 Å². The number of nitrogens with zero attached hydrogens (tertiary/aromatic N) is 1. The molecule has 0 radical (unpaired) electrons. The lowest BCUT2D eigenvalue weighted by molar-refractivity contribution is 0.0939. The highest BCUT2D eigenvalue weighted by atomic mass is 35.5. The van der Waals surface area contributed by atoms with Gasteiger partial charge in [0.2, 0.25) is 0 Å². The summed E-state index contributed by atoms with van der Waals surface area (Å²) in [6.07, 6.45) is 0. The van der Waals surface area contributed by atoms with Crippen LogP contribution in [0.4, 0.5) is 4.39 Å². The van der Waals surface area contributed by atoms with Crippen LogP contribution in [0.2, 0.25) is 5.02 Å². The van der Waals surface area contributed by atoms with Gasteiger partial charge < -0.3 is 5.32 Å². The summed E-state index contributed by atoms with van der Waals surface area (Å²) >= 11 is 5.98. The second kappa shape index (κ2) is 6.57. The predicted molar refractivity (Wildman–Crippen MR) is 93.8 cm³/mol. The number of pyridine rings is 1. The highest BCUT2D eigenvalue weighted by molar-refractivity contribution is 6.31. The van der Waals surface area contributed by atoms with E-state index in [9.17, 15) is 9.18 Å². The van der Waals surface area contributed by atoms with Crippen molar-refractivity contribution in [1.29, 1.82) is 0 Å². The molecule has 3 nitrogen and oxygen atoms in total. The number of hydrogen-bond donors (Lipinski definition) is 1. The van der Waals surface area contributed by atoms with Gasteiger partial charge in [-0.25, -0.2) is 4.39 Å². The van der Waals surface area contributed by atoms with Crippen LogP contribution in [0.5, 0.6) is 0 Å². The number of carbonyl (C=O) groups excluding carboxylic acids is 1. The number of rotatable bonds is 3. The van der Waals surface area contributed by atoms with E-state index in [2.05, 4.69) is 10.3 Å². The van der Waals surface area contributed by atoms with Gasteiger partial charge >= 0.3 is 0 Å². The van der Waals surface area contributed by atoms with E-state index in [-0.39, 0.29) is 17.8 Å². The summed E-state index contributed by atoms with van der Waals surface area (Å²) in [5.74, 6) is -0.515. The first-order valence-corrected chi connectivity index (χ1v) is 7.95. The molecule has 1 unspecified atom stereocenters. The van der Waals surface area contributed by atoms with Gasteiger partial charge in [0, 0.05) is 10.4 Å². The first-order chi connectivity index (χ1) is 11.4. The molecule has 0 aliphatic rings. The van der Waals surface area contributed by atoms with E-state index in [0.717, 1.165) is 16.5 Å². The van der Waals surface area contributed by atoms with Gasteiger partial charge in [-0.15, -0.1) is 0 Å². The van der Waals surface area contributed by atoms with Gasteiger partial charge in [0.1, 0.15) is 5.82 Å². The van der Waals surface area contributed by atoms with Gasteiger partial charge in [0.25, 0.3) is 5.91 Å². The van der Waals surface area contributed by atoms with Crippen molar-refractivity contribution in [2.45, 2.75) is 19.9 Å². The summed E-state index contributed by atoms with van der Waals surface area (Å²) in [5, 5.41) is 4.38. The fraction of sp³-hybridized carbons (Fsp3) is 0.158. The molecular formula is C19H16ClFN2O. The Bertz CT molecular complexity index is 909. The number of amides is 1. The van der Waals surface area contributed by atoms with E-state index < -0.39 is 0 Å². The summed E-state index contributed by atoms with van der Waals surface area (Å²) in [7, 11) is 0. The maximum absolute atomic E-state index is 13.0. The fourth-order valence-electron chi connectivity index (χ4n) is 2.58. The van der Waals surface area contributed by atoms with Gasteiger partial charge in [0.15, 0.2) is 0 Å². The summed E-state index contributed by atoms with van der Waals surface area (Å²) < 4.78 is 13.0. The van der Waals surface area contributed by atoms with Gasteiger partial charge in [-0.1, -0.05) is 29.8 Å². The molecule has 0 aliphatic heterocycles. The van der Waals surface area contributed by atoms with Crippen molar-refractivity contribution in [1.82, 2.24) is 10.3 Å². The number of halogens is 2. The third kappa shape index (κ3) is 3.39. The van der Waals surface area contributed by atoms with Crippen LogP contribution in [0.25, 0.3) is 10.9 Å². The molecule has 1 heterocycles. The van der Waals surface area contributed by atoms with Crippen LogP contribution in [0.3, 0.4) is 0 Å². The normalized spacial score (nSPS) is 12.2. The van der Waals surface area contributed by atoms with E-state index in [1.165, 1.54) is 12.1 Å². The molecule has 24 heavy (non-hydrogen) atoms. The van der Waals surface area contributed by atoms with Crippen molar-refractivity contribution in [2.75, 3.05) is 0 Å². The first-order valence-electron chi connectivity index (χ1n) is 7.57. The van der Waals surface area contributed by atoms with E-state index in [1.54, 1.807) is 37.3 Å². The Labute approximate surface area is 144 Å². The second-order valence-electron chi connectivity index (χ2n) is 5.71. The summed E-state index contributed by atoms with van der Waals surface area (Å²) in [6.45, 7) is 3.65. The molecular weight excluding hydrogens is 327 g/mol. The molecule has 1 atom stereocenters. The van der Waals surface area contributed by atoms with Gasteiger partial charge in [0.05, 0.1) is 22.8 Å². The molecule has 1 amide bonds. The van der Waals surface area contributed by atoms with E-state index in [1.807, 2.05) is 13.0 Å². The lowest BCUT2D eigenvalue weighted by Gasteiger charge is -2.15. The molecule has 0 spiro atoms. The van der Waals surface area contributed by atoms with Crippen LogP contribution < -0.4 is 5.32 Å². The van der Waals surface area contributed by atoms with E-state index in [0.29, 0.717) is 16.3 Å². The molecule has 0 aliphatic carbocycles. The lowest BCUT2D eigenvalue weighted by Crippen LogP contribution is -2.27. The molecule has 2 aromatic carbocycles. The zero-order chi connectivity index (χ0) is 17.3. The van der Waals surface area contributed by atoms with Gasteiger partial charge in [-0.05, 0) is 49.7 Å². The van der Waals surface area contributed by atoms with Crippen LogP contribution in [0.1, 0.15) is 34.6 Å². The zero-order valence-electron chi connectivity index (χ0n) is 13.3. The molecule has 0 fully saturated rings. The van der Waals surface area contributed by atoms with E-state index >= 15 is 0 Å². The highest BCUT2D eigenvalue weighted by Gasteiger charge is 2.15. The van der Waals surface area contributed by atoms with Crippen LogP contribution in [-0.4, -0.2) is 10.9 Å². The van der Waals surface area contributed by atoms with Gasteiger partial charge in [-0.2, -0.15) is 0 Å². The SMILES string of the molecule is Cc1nc2cc(Cl)ccc2cc1C(=O)NC(C)c1ccc(F)cc1. The Morgan fingerprint density at radius 1 is 1.17 bits per heavy atom. The number of hydrogen-bond acceptors (Lipinski definition) is 2. The number of fused-ring (bicyclic) bond motifs is 1. The molecule has 0 bridgehead atoms. The maximum atomic E-state index is 13.0. The van der Waals surface area contributed by atoms with Crippen molar-refractivity contribution in [2.24, 2.45) is 0 Å². The molecule has 0 saturated heterocycles. The second-order valence-corrected chi connectivity index (χ2v) is 6.14. The predicted octanol–water partition coefficient (Wildman–Crippen LogP) is 4.83. The Hall–Kier alpha value is -2.46. The number of aryl methyl sites for hydroxylation is 1. The largest absolute Gasteiger partial charge is 0.345 e. The quantitative estimate of drug-likeness (QED) is 0.741. The van der Waals surface area contributed by atoms with Crippen molar-refractivity contribution >= 4 is 28.4 Å². The van der Waals surface area contributed by atoms with Crippen molar-refractivity contribution < 1.29 is 9.18 Å². The Morgan fingerprint density at radius 3 is 2.58 bits per heavy atom. The lowest BCUT2D eigenvalue weighted by atomic mass is 10.1. The number of nitrogens with one attached hydrogen (secondary N) is 1. The van der Waals surface area contributed by atoms with Crippen LogP contribution in [0, 0.1) is 12.7 Å². The summed E-state index contributed by atoms with van der Waals surface area (Å²) in [6, 6.07) is 13.0. The molecule has 3 aromatic rings. The molecule has 3 rings (SSSR count).